The van der Waals surface area contributed by atoms with Crippen LogP contribution in [0.1, 0.15) is 35.6 Å². The summed E-state index contributed by atoms with van der Waals surface area (Å²) >= 11 is 0. The summed E-state index contributed by atoms with van der Waals surface area (Å²) in [5, 5.41) is 0. The summed E-state index contributed by atoms with van der Waals surface area (Å²) in [5.74, 6) is 2.78. The average molecular weight is 481 g/mol. The van der Waals surface area contributed by atoms with Gasteiger partial charge in [-0.25, -0.2) is 9.97 Å². The molecule has 1 saturated heterocycles. The minimum atomic E-state index is 0.300. The van der Waals surface area contributed by atoms with Crippen LogP contribution in [-0.2, 0) is 6.54 Å². The summed E-state index contributed by atoms with van der Waals surface area (Å²) in [7, 11) is 3.42. The lowest BCUT2D eigenvalue weighted by Crippen LogP contribution is -2.34. The number of hydrogen-bond acceptors (Lipinski definition) is 6. The Morgan fingerprint density at radius 3 is 2.58 bits per heavy atom. The zero-order valence-corrected chi connectivity index (χ0v) is 21.1. The molecule has 0 radical (unpaired) electrons. The Morgan fingerprint density at radius 1 is 0.972 bits per heavy atom. The van der Waals surface area contributed by atoms with E-state index in [9.17, 15) is 0 Å². The molecule has 0 N–H and O–H groups in total. The van der Waals surface area contributed by atoms with Gasteiger partial charge in [-0.15, -0.1) is 0 Å². The van der Waals surface area contributed by atoms with Gasteiger partial charge < -0.3 is 9.47 Å². The standard InChI is InChI=1S/C30H32N4O2/c1-21-7-4-5-9-26(21)27-18-32-30(22-12-14-31-15-13-22)33-29(27)23-8-6-16-34(19-23)20-24-17-25(35-2)10-11-28(24)36-3/h4-5,7,9-15,17-18,23H,6,8,16,19-20H2,1-3H3. The van der Waals surface area contributed by atoms with Crippen LogP contribution < -0.4 is 9.47 Å². The number of rotatable bonds is 7. The maximum Gasteiger partial charge on any atom is 0.159 e. The molecule has 3 heterocycles. The van der Waals surface area contributed by atoms with Gasteiger partial charge in [0.2, 0.25) is 0 Å². The molecule has 5 rings (SSSR count). The molecule has 6 nitrogen and oxygen atoms in total. The molecular weight excluding hydrogens is 448 g/mol. The van der Waals surface area contributed by atoms with Crippen LogP contribution in [0.2, 0.25) is 0 Å². The van der Waals surface area contributed by atoms with Crippen molar-refractivity contribution in [3.05, 3.63) is 90.0 Å². The SMILES string of the molecule is COc1ccc(OC)c(CN2CCCC(c3nc(-c4ccncc4)ncc3-c3ccccc3C)C2)c1. The van der Waals surface area contributed by atoms with Crippen molar-refractivity contribution in [1.29, 1.82) is 0 Å². The van der Waals surface area contributed by atoms with Crippen molar-refractivity contribution in [2.45, 2.75) is 32.2 Å². The third-order valence-corrected chi connectivity index (χ3v) is 6.97. The highest BCUT2D eigenvalue weighted by molar-refractivity contribution is 5.70. The first-order valence-corrected chi connectivity index (χ1v) is 12.4. The van der Waals surface area contributed by atoms with Gasteiger partial charge in [-0.3, -0.25) is 9.88 Å². The number of aromatic nitrogens is 3. The van der Waals surface area contributed by atoms with Crippen LogP contribution in [0.3, 0.4) is 0 Å². The molecule has 0 saturated carbocycles. The van der Waals surface area contributed by atoms with E-state index in [1.54, 1.807) is 26.6 Å². The molecule has 36 heavy (non-hydrogen) atoms. The summed E-state index contributed by atoms with van der Waals surface area (Å²) in [5.41, 5.74) is 6.78. The topological polar surface area (TPSA) is 60.4 Å². The predicted molar refractivity (Wildman–Crippen MR) is 142 cm³/mol. The molecule has 1 aliphatic rings. The molecular formula is C30H32N4O2. The highest BCUT2D eigenvalue weighted by Crippen LogP contribution is 2.36. The van der Waals surface area contributed by atoms with Gasteiger partial charge in [0, 0.05) is 54.3 Å². The average Bonchev–Trinajstić information content (AvgIpc) is 2.93. The molecule has 2 aromatic carbocycles. The van der Waals surface area contributed by atoms with Crippen LogP contribution in [-0.4, -0.2) is 47.2 Å². The van der Waals surface area contributed by atoms with Crippen LogP contribution in [0.25, 0.3) is 22.5 Å². The van der Waals surface area contributed by atoms with Crippen LogP contribution in [0, 0.1) is 6.92 Å². The third-order valence-electron chi connectivity index (χ3n) is 6.97. The van der Waals surface area contributed by atoms with E-state index in [2.05, 4.69) is 47.1 Å². The lowest BCUT2D eigenvalue weighted by molar-refractivity contribution is 0.196. The van der Waals surface area contributed by atoms with Crippen molar-refractivity contribution in [3.8, 4) is 34.0 Å². The van der Waals surface area contributed by atoms with Gasteiger partial charge in [0.15, 0.2) is 5.82 Å². The number of ether oxygens (including phenoxy) is 2. The lowest BCUT2D eigenvalue weighted by Gasteiger charge is -2.33. The maximum absolute atomic E-state index is 5.64. The van der Waals surface area contributed by atoms with Gasteiger partial charge in [0.1, 0.15) is 11.5 Å². The first kappa shape index (κ1) is 23.9. The van der Waals surface area contributed by atoms with Crippen LogP contribution in [0.4, 0.5) is 0 Å². The summed E-state index contributed by atoms with van der Waals surface area (Å²) < 4.78 is 11.1. The van der Waals surface area contributed by atoms with Gasteiger partial charge in [-0.05, 0) is 67.8 Å². The highest BCUT2D eigenvalue weighted by atomic mass is 16.5. The highest BCUT2D eigenvalue weighted by Gasteiger charge is 2.27. The largest absolute Gasteiger partial charge is 0.497 e. The predicted octanol–water partition coefficient (Wildman–Crippen LogP) is 5.91. The third kappa shape index (κ3) is 5.09. The zero-order valence-electron chi connectivity index (χ0n) is 21.1. The fourth-order valence-electron chi connectivity index (χ4n) is 5.10. The van der Waals surface area contributed by atoms with Crippen molar-refractivity contribution in [2.24, 2.45) is 0 Å². The van der Waals surface area contributed by atoms with Gasteiger partial charge in [0.25, 0.3) is 0 Å². The second-order valence-corrected chi connectivity index (χ2v) is 9.30. The monoisotopic (exact) mass is 480 g/mol. The summed E-state index contributed by atoms with van der Waals surface area (Å²) in [4.78, 5) is 16.6. The number of hydrogen-bond donors (Lipinski definition) is 0. The molecule has 0 spiro atoms. The van der Waals surface area contributed by atoms with E-state index in [1.807, 2.05) is 30.5 Å². The Balaban J connectivity index is 1.50. The van der Waals surface area contributed by atoms with E-state index in [4.69, 9.17) is 19.4 Å². The van der Waals surface area contributed by atoms with Gasteiger partial charge in [-0.1, -0.05) is 24.3 Å². The smallest absolute Gasteiger partial charge is 0.159 e. The number of methoxy groups -OCH3 is 2. The zero-order chi connectivity index (χ0) is 24.9. The van der Waals surface area contributed by atoms with Gasteiger partial charge >= 0.3 is 0 Å². The number of pyridine rings is 1. The van der Waals surface area contributed by atoms with Crippen molar-refractivity contribution < 1.29 is 9.47 Å². The molecule has 2 aromatic heterocycles. The Labute approximate surface area is 213 Å². The molecule has 184 valence electrons. The second-order valence-electron chi connectivity index (χ2n) is 9.30. The number of nitrogens with zero attached hydrogens (tertiary/aromatic N) is 4. The first-order chi connectivity index (χ1) is 17.7. The maximum atomic E-state index is 5.64. The van der Waals surface area contributed by atoms with Crippen molar-refractivity contribution in [1.82, 2.24) is 19.9 Å². The Hall–Kier alpha value is -3.77. The molecule has 6 heteroatoms. The van der Waals surface area contributed by atoms with E-state index in [0.717, 1.165) is 72.2 Å². The Kier molecular flexibility index (Phi) is 7.23. The first-order valence-electron chi connectivity index (χ1n) is 12.4. The molecule has 1 unspecified atom stereocenters. The van der Waals surface area contributed by atoms with Gasteiger partial charge in [0.05, 0.1) is 19.9 Å². The van der Waals surface area contributed by atoms with E-state index in [0.29, 0.717) is 5.92 Å². The Bertz CT molecular complexity index is 1330. The van der Waals surface area contributed by atoms with Gasteiger partial charge in [-0.2, -0.15) is 0 Å². The summed E-state index contributed by atoms with van der Waals surface area (Å²) in [6.45, 7) is 4.92. The Morgan fingerprint density at radius 2 is 1.81 bits per heavy atom. The summed E-state index contributed by atoms with van der Waals surface area (Å²) in [6.07, 6.45) is 7.79. The van der Waals surface area contributed by atoms with Crippen LogP contribution in [0.5, 0.6) is 11.5 Å². The fraction of sp³-hybridized carbons (Fsp3) is 0.300. The van der Waals surface area contributed by atoms with Crippen molar-refractivity contribution >= 4 is 0 Å². The van der Waals surface area contributed by atoms with Crippen LogP contribution in [0.15, 0.2) is 73.2 Å². The fourth-order valence-corrected chi connectivity index (χ4v) is 5.10. The summed E-state index contributed by atoms with van der Waals surface area (Å²) in [6, 6.07) is 18.4. The number of piperidine rings is 1. The number of aryl methyl sites for hydroxylation is 1. The molecule has 0 bridgehead atoms. The minimum Gasteiger partial charge on any atom is -0.497 e. The normalized spacial score (nSPS) is 16.0. The molecule has 1 fully saturated rings. The van der Waals surface area contributed by atoms with E-state index in [1.165, 1.54) is 11.1 Å². The van der Waals surface area contributed by atoms with E-state index >= 15 is 0 Å². The quantitative estimate of drug-likeness (QED) is 0.328. The van der Waals surface area contributed by atoms with E-state index < -0.39 is 0 Å². The van der Waals surface area contributed by atoms with Crippen LogP contribution >= 0.6 is 0 Å². The lowest BCUT2D eigenvalue weighted by atomic mass is 9.88. The van der Waals surface area contributed by atoms with E-state index in [-0.39, 0.29) is 0 Å². The minimum absolute atomic E-state index is 0.300. The molecule has 4 aromatic rings. The van der Waals surface area contributed by atoms with Crippen molar-refractivity contribution in [3.63, 3.8) is 0 Å². The molecule has 1 aliphatic heterocycles. The molecule has 0 aliphatic carbocycles. The van der Waals surface area contributed by atoms with Crippen molar-refractivity contribution in [2.75, 3.05) is 27.3 Å². The number of benzene rings is 2. The molecule has 1 atom stereocenters. The number of likely N-dealkylation sites (tertiary alicyclic amines) is 1. The molecule has 0 amide bonds. The second kappa shape index (κ2) is 10.9.